The number of hydrogen-bond acceptors (Lipinski definition) is 4. The second-order valence-corrected chi connectivity index (χ2v) is 7.30. The van der Waals surface area contributed by atoms with Crippen molar-refractivity contribution in [3.05, 3.63) is 70.9 Å². The molecule has 134 valence electrons. The summed E-state index contributed by atoms with van der Waals surface area (Å²) in [6, 6.07) is 15.5. The fourth-order valence-electron chi connectivity index (χ4n) is 2.19. The van der Waals surface area contributed by atoms with Crippen LogP contribution in [0.2, 0.25) is 5.02 Å². The SMILES string of the molecule is CC(C)(C)c1cc(Oc2ccc(NC(=O)c3ccc(Cl)cc3)cc2)no1. The number of carbonyl (C=O) groups is 1. The molecule has 6 heteroatoms. The summed E-state index contributed by atoms with van der Waals surface area (Å²) >= 11 is 5.83. The van der Waals surface area contributed by atoms with Crippen LogP contribution in [0.4, 0.5) is 5.69 Å². The number of rotatable bonds is 4. The van der Waals surface area contributed by atoms with Gasteiger partial charge in [0.05, 0.1) is 0 Å². The molecule has 0 spiro atoms. The first-order chi connectivity index (χ1) is 12.3. The van der Waals surface area contributed by atoms with Crippen molar-refractivity contribution >= 4 is 23.2 Å². The lowest BCUT2D eigenvalue weighted by Crippen LogP contribution is -2.11. The van der Waals surface area contributed by atoms with Crippen LogP contribution < -0.4 is 10.1 Å². The monoisotopic (exact) mass is 370 g/mol. The topological polar surface area (TPSA) is 64.4 Å². The number of aromatic nitrogens is 1. The molecule has 2 aromatic carbocycles. The number of carbonyl (C=O) groups excluding carboxylic acids is 1. The third kappa shape index (κ3) is 4.43. The Labute approximate surface area is 156 Å². The van der Waals surface area contributed by atoms with Gasteiger partial charge in [0.1, 0.15) is 11.5 Å². The average molecular weight is 371 g/mol. The molecule has 0 saturated heterocycles. The van der Waals surface area contributed by atoms with Gasteiger partial charge in [0.2, 0.25) is 0 Å². The molecule has 3 aromatic rings. The van der Waals surface area contributed by atoms with Crippen LogP contribution in [0.1, 0.15) is 36.9 Å². The van der Waals surface area contributed by atoms with Crippen molar-refractivity contribution in [2.24, 2.45) is 0 Å². The van der Waals surface area contributed by atoms with Crippen LogP contribution in [-0.2, 0) is 5.41 Å². The van der Waals surface area contributed by atoms with E-state index in [4.69, 9.17) is 20.9 Å². The van der Waals surface area contributed by atoms with E-state index >= 15 is 0 Å². The molecule has 1 amide bonds. The first-order valence-electron chi connectivity index (χ1n) is 8.13. The summed E-state index contributed by atoms with van der Waals surface area (Å²) in [6.07, 6.45) is 0. The molecule has 0 atom stereocenters. The lowest BCUT2D eigenvalue weighted by molar-refractivity contribution is 0.102. The second kappa shape index (κ2) is 7.22. The quantitative estimate of drug-likeness (QED) is 0.642. The maximum absolute atomic E-state index is 12.2. The van der Waals surface area contributed by atoms with Crippen molar-refractivity contribution in [1.29, 1.82) is 0 Å². The Morgan fingerprint density at radius 3 is 2.31 bits per heavy atom. The number of nitrogens with one attached hydrogen (secondary N) is 1. The number of hydrogen-bond donors (Lipinski definition) is 1. The number of benzene rings is 2. The summed E-state index contributed by atoms with van der Waals surface area (Å²) in [7, 11) is 0. The summed E-state index contributed by atoms with van der Waals surface area (Å²) in [5.41, 5.74) is 1.06. The molecule has 0 aliphatic rings. The Morgan fingerprint density at radius 2 is 1.73 bits per heavy atom. The van der Waals surface area contributed by atoms with Crippen LogP contribution in [0.25, 0.3) is 0 Å². The molecule has 3 rings (SSSR count). The predicted molar refractivity (Wildman–Crippen MR) is 101 cm³/mol. The number of halogens is 1. The summed E-state index contributed by atoms with van der Waals surface area (Å²) in [6.45, 7) is 6.11. The highest BCUT2D eigenvalue weighted by molar-refractivity contribution is 6.30. The van der Waals surface area contributed by atoms with Gasteiger partial charge >= 0.3 is 0 Å². The molecule has 0 fully saturated rings. The first kappa shape index (κ1) is 18.0. The maximum atomic E-state index is 12.2. The van der Waals surface area contributed by atoms with E-state index in [0.717, 1.165) is 5.76 Å². The van der Waals surface area contributed by atoms with Crippen LogP contribution in [0.3, 0.4) is 0 Å². The Bertz CT molecular complexity index is 894. The number of nitrogens with zero attached hydrogens (tertiary/aromatic N) is 1. The highest BCUT2D eigenvalue weighted by Gasteiger charge is 2.20. The van der Waals surface area contributed by atoms with E-state index in [1.807, 2.05) is 20.8 Å². The largest absolute Gasteiger partial charge is 0.436 e. The van der Waals surface area contributed by atoms with Crippen molar-refractivity contribution in [3.63, 3.8) is 0 Å². The van der Waals surface area contributed by atoms with Crippen LogP contribution in [0.15, 0.2) is 59.1 Å². The molecule has 26 heavy (non-hydrogen) atoms. The Kier molecular flexibility index (Phi) is 5.00. The molecule has 1 heterocycles. The fraction of sp³-hybridized carbons (Fsp3) is 0.200. The lowest BCUT2D eigenvalue weighted by atomic mass is 9.94. The normalized spacial score (nSPS) is 11.2. The fourth-order valence-corrected chi connectivity index (χ4v) is 2.32. The van der Waals surface area contributed by atoms with Gasteiger partial charge in [0.25, 0.3) is 11.8 Å². The Morgan fingerprint density at radius 1 is 1.08 bits per heavy atom. The van der Waals surface area contributed by atoms with Crippen LogP contribution in [0, 0.1) is 0 Å². The van der Waals surface area contributed by atoms with E-state index in [9.17, 15) is 4.79 Å². The van der Waals surface area contributed by atoms with E-state index in [1.54, 1.807) is 54.6 Å². The molecule has 5 nitrogen and oxygen atoms in total. The number of anilines is 1. The van der Waals surface area contributed by atoms with Gasteiger partial charge < -0.3 is 14.6 Å². The van der Waals surface area contributed by atoms with Gasteiger partial charge in [0.15, 0.2) is 0 Å². The minimum atomic E-state index is -0.207. The number of amides is 1. The second-order valence-electron chi connectivity index (χ2n) is 6.87. The zero-order valence-electron chi connectivity index (χ0n) is 14.7. The van der Waals surface area contributed by atoms with E-state index in [0.29, 0.717) is 27.9 Å². The van der Waals surface area contributed by atoms with Gasteiger partial charge in [-0.2, -0.15) is 0 Å². The Balaban J connectivity index is 1.64. The zero-order chi connectivity index (χ0) is 18.7. The first-order valence-corrected chi connectivity index (χ1v) is 8.51. The standard InChI is InChI=1S/C20H19ClN2O3/c1-20(2,3)17-12-18(23-26-17)25-16-10-8-15(9-11-16)22-19(24)13-4-6-14(21)7-5-13/h4-12H,1-3H3,(H,22,24). The minimum Gasteiger partial charge on any atom is -0.436 e. The zero-order valence-corrected chi connectivity index (χ0v) is 15.5. The van der Waals surface area contributed by atoms with Crippen molar-refractivity contribution < 1.29 is 14.1 Å². The van der Waals surface area contributed by atoms with E-state index in [1.165, 1.54) is 0 Å². The minimum absolute atomic E-state index is 0.135. The third-order valence-electron chi connectivity index (χ3n) is 3.67. The molecular weight excluding hydrogens is 352 g/mol. The smallest absolute Gasteiger partial charge is 0.259 e. The molecule has 0 bridgehead atoms. The molecular formula is C20H19ClN2O3. The Hall–Kier alpha value is -2.79. The molecule has 0 radical (unpaired) electrons. The van der Waals surface area contributed by atoms with E-state index in [2.05, 4.69) is 10.5 Å². The van der Waals surface area contributed by atoms with Crippen molar-refractivity contribution in [3.8, 4) is 11.6 Å². The summed E-state index contributed by atoms with van der Waals surface area (Å²) in [5.74, 6) is 1.54. The van der Waals surface area contributed by atoms with Gasteiger partial charge in [-0.3, -0.25) is 4.79 Å². The van der Waals surface area contributed by atoms with Gasteiger partial charge in [-0.25, -0.2) is 0 Å². The van der Waals surface area contributed by atoms with Gasteiger partial charge in [0, 0.05) is 27.8 Å². The van der Waals surface area contributed by atoms with Gasteiger partial charge in [-0.15, -0.1) is 0 Å². The van der Waals surface area contributed by atoms with Crippen LogP contribution in [-0.4, -0.2) is 11.1 Å². The van der Waals surface area contributed by atoms with Crippen molar-refractivity contribution in [2.45, 2.75) is 26.2 Å². The molecule has 0 saturated carbocycles. The molecule has 0 aliphatic heterocycles. The highest BCUT2D eigenvalue weighted by atomic mass is 35.5. The molecule has 1 aromatic heterocycles. The molecule has 0 aliphatic carbocycles. The predicted octanol–water partition coefficient (Wildman–Crippen LogP) is 5.67. The number of ether oxygens (including phenoxy) is 1. The van der Waals surface area contributed by atoms with Crippen LogP contribution in [0.5, 0.6) is 11.6 Å². The lowest BCUT2D eigenvalue weighted by Gasteiger charge is -2.11. The van der Waals surface area contributed by atoms with Gasteiger partial charge in [-0.1, -0.05) is 32.4 Å². The molecule has 0 unspecified atom stereocenters. The van der Waals surface area contributed by atoms with E-state index < -0.39 is 0 Å². The summed E-state index contributed by atoms with van der Waals surface area (Å²) in [5, 5.41) is 7.33. The average Bonchev–Trinajstić information content (AvgIpc) is 3.06. The third-order valence-corrected chi connectivity index (χ3v) is 3.92. The summed E-state index contributed by atoms with van der Waals surface area (Å²) in [4.78, 5) is 12.2. The van der Waals surface area contributed by atoms with Crippen molar-refractivity contribution in [2.75, 3.05) is 5.32 Å². The van der Waals surface area contributed by atoms with E-state index in [-0.39, 0.29) is 11.3 Å². The van der Waals surface area contributed by atoms with Gasteiger partial charge in [-0.05, 0) is 53.7 Å². The molecule has 1 N–H and O–H groups in total. The summed E-state index contributed by atoms with van der Waals surface area (Å²) < 4.78 is 11.0. The highest BCUT2D eigenvalue weighted by Crippen LogP contribution is 2.28. The maximum Gasteiger partial charge on any atom is 0.259 e. The van der Waals surface area contributed by atoms with Crippen molar-refractivity contribution in [1.82, 2.24) is 5.16 Å². The van der Waals surface area contributed by atoms with Crippen LogP contribution >= 0.6 is 11.6 Å².